The third kappa shape index (κ3) is 4.38. The maximum absolute atomic E-state index is 11.8. The quantitative estimate of drug-likeness (QED) is 0.834. The van der Waals surface area contributed by atoms with Crippen molar-refractivity contribution in [2.24, 2.45) is 0 Å². The largest absolute Gasteiger partial charge is 0.493 e. The van der Waals surface area contributed by atoms with Crippen LogP contribution in [0.4, 0.5) is 0 Å². The van der Waals surface area contributed by atoms with E-state index >= 15 is 0 Å². The van der Waals surface area contributed by atoms with Crippen molar-refractivity contribution in [1.29, 1.82) is 0 Å². The summed E-state index contributed by atoms with van der Waals surface area (Å²) in [6, 6.07) is 15.2. The van der Waals surface area contributed by atoms with Crippen LogP contribution in [-0.4, -0.2) is 20.1 Å². The Bertz CT molecular complexity index is 651. The predicted octanol–water partition coefficient (Wildman–Crippen LogP) is 3.03. The van der Waals surface area contributed by atoms with E-state index in [0.717, 1.165) is 11.1 Å². The Labute approximate surface area is 130 Å². The van der Waals surface area contributed by atoms with Gasteiger partial charge in [-0.1, -0.05) is 36.4 Å². The number of benzene rings is 2. The van der Waals surface area contributed by atoms with Gasteiger partial charge in [0.25, 0.3) is 0 Å². The number of hydrogen-bond acceptors (Lipinski definition) is 3. The molecule has 2 aromatic carbocycles. The summed E-state index contributed by atoms with van der Waals surface area (Å²) in [4.78, 5) is 11.8. The van der Waals surface area contributed by atoms with Crippen LogP contribution in [-0.2, 0) is 11.3 Å². The number of carbonyl (C=O) groups excluding carboxylic acids is 1. The molecule has 2 rings (SSSR count). The number of rotatable bonds is 6. The molecule has 0 atom stereocenters. The Kier molecular flexibility index (Phi) is 5.60. The fourth-order valence-corrected chi connectivity index (χ4v) is 1.97. The summed E-state index contributed by atoms with van der Waals surface area (Å²) in [6.45, 7) is 0.429. The van der Waals surface area contributed by atoms with Crippen molar-refractivity contribution < 1.29 is 14.3 Å². The van der Waals surface area contributed by atoms with Crippen molar-refractivity contribution in [3.63, 3.8) is 0 Å². The number of hydrogen-bond donors (Lipinski definition) is 1. The van der Waals surface area contributed by atoms with Gasteiger partial charge < -0.3 is 14.8 Å². The second kappa shape index (κ2) is 7.88. The molecule has 0 spiro atoms. The molecule has 0 radical (unpaired) electrons. The third-order valence-corrected chi connectivity index (χ3v) is 3.14. The van der Waals surface area contributed by atoms with Crippen molar-refractivity contribution in [3.8, 4) is 11.5 Å². The fraction of sp³-hybridized carbons (Fsp3) is 0.167. The summed E-state index contributed by atoms with van der Waals surface area (Å²) >= 11 is 0. The van der Waals surface area contributed by atoms with E-state index in [9.17, 15) is 4.79 Å². The summed E-state index contributed by atoms with van der Waals surface area (Å²) in [5.41, 5.74) is 1.93. The molecule has 0 aromatic heterocycles. The average Bonchev–Trinajstić information content (AvgIpc) is 2.58. The van der Waals surface area contributed by atoms with E-state index in [4.69, 9.17) is 9.47 Å². The van der Waals surface area contributed by atoms with Crippen LogP contribution in [0.2, 0.25) is 0 Å². The summed E-state index contributed by atoms with van der Waals surface area (Å²) in [5.74, 6) is 1.18. The van der Waals surface area contributed by atoms with E-state index in [0.29, 0.717) is 18.0 Å². The Balaban J connectivity index is 1.92. The number of nitrogens with one attached hydrogen (secondary N) is 1. The maximum atomic E-state index is 11.8. The first kappa shape index (κ1) is 15.6. The second-order valence-electron chi connectivity index (χ2n) is 4.65. The van der Waals surface area contributed by atoms with Crippen LogP contribution in [0, 0.1) is 0 Å². The molecule has 4 nitrogen and oxygen atoms in total. The summed E-state index contributed by atoms with van der Waals surface area (Å²) in [7, 11) is 3.18. The lowest BCUT2D eigenvalue weighted by Crippen LogP contribution is -2.20. The van der Waals surface area contributed by atoms with Crippen molar-refractivity contribution in [1.82, 2.24) is 5.32 Å². The Hall–Kier alpha value is -2.75. The molecule has 4 heteroatoms. The van der Waals surface area contributed by atoms with Gasteiger partial charge in [-0.25, -0.2) is 0 Å². The Morgan fingerprint density at radius 3 is 2.45 bits per heavy atom. The molecule has 2 aromatic rings. The van der Waals surface area contributed by atoms with Gasteiger partial charge in [0, 0.05) is 12.6 Å². The Morgan fingerprint density at radius 2 is 1.77 bits per heavy atom. The molecule has 0 aliphatic carbocycles. The molecule has 0 fully saturated rings. The van der Waals surface area contributed by atoms with Crippen LogP contribution in [0.5, 0.6) is 11.5 Å². The zero-order chi connectivity index (χ0) is 15.8. The number of ether oxygens (including phenoxy) is 2. The topological polar surface area (TPSA) is 47.6 Å². The fourth-order valence-electron chi connectivity index (χ4n) is 1.97. The molecule has 114 valence electrons. The van der Waals surface area contributed by atoms with Crippen molar-refractivity contribution >= 4 is 12.0 Å². The molecular weight excluding hydrogens is 278 g/mol. The van der Waals surface area contributed by atoms with Gasteiger partial charge in [-0.2, -0.15) is 0 Å². The number of carbonyl (C=O) groups is 1. The van der Waals surface area contributed by atoms with Crippen LogP contribution in [0.15, 0.2) is 54.6 Å². The second-order valence-corrected chi connectivity index (χ2v) is 4.65. The molecule has 0 saturated carbocycles. The van der Waals surface area contributed by atoms with Crippen LogP contribution in [0.25, 0.3) is 6.08 Å². The highest BCUT2D eigenvalue weighted by atomic mass is 16.5. The van der Waals surface area contributed by atoms with Crippen LogP contribution in [0.1, 0.15) is 11.1 Å². The molecule has 22 heavy (non-hydrogen) atoms. The highest BCUT2D eigenvalue weighted by molar-refractivity contribution is 5.91. The molecule has 1 N–H and O–H groups in total. The van der Waals surface area contributed by atoms with Gasteiger partial charge in [0.05, 0.1) is 14.2 Å². The van der Waals surface area contributed by atoms with E-state index in [-0.39, 0.29) is 5.91 Å². The normalized spacial score (nSPS) is 10.5. The minimum absolute atomic E-state index is 0.140. The van der Waals surface area contributed by atoms with Gasteiger partial charge in [-0.05, 0) is 29.3 Å². The lowest BCUT2D eigenvalue weighted by molar-refractivity contribution is -0.116. The van der Waals surface area contributed by atoms with Crippen molar-refractivity contribution in [2.45, 2.75) is 6.54 Å². The first-order valence-electron chi connectivity index (χ1n) is 6.95. The van der Waals surface area contributed by atoms with E-state index in [1.54, 1.807) is 20.3 Å². The van der Waals surface area contributed by atoms with Gasteiger partial charge >= 0.3 is 0 Å². The molecular formula is C18H19NO3. The molecule has 1 amide bonds. The molecule has 0 aliphatic heterocycles. The van der Waals surface area contributed by atoms with E-state index in [1.807, 2.05) is 48.5 Å². The zero-order valence-electron chi connectivity index (χ0n) is 12.7. The van der Waals surface area contributed by atoms with Gasteiger partial charge in [0.1, 0.15) is 0 Å². The number of methoxy groups -OCH3 is 2. The maximum Gasteiger partial charge on any atom is 0.244 e. The van der Waals surface area contributed by atoms with Crippen LogP contribution >= 0.6 is 0 Å². The predicted molar refractivity (Wildman–Crippen MR) is 86.9 cm³/mol. The standard InChI is InChI=1S/C18H19NO3/c1-21-16-10-8-15(12-17(16)22-2)13-19-18(20)11-9-14-6-4-3-5-7-14/h3-12H,13H2,1-2H3,(H,19,20)/b11-9+. The third-order valence-electron chi connectivity index (χ3n) is 3.14. The van der Waals surface area contributed by atoms with Crippen molar-refractivity contribution in [3.05, 3.63) is 65.7 Å². The van der Waals surface area contributed by atoms with Gasteiger partial charge in [-0.15, -0.1) is 0 Å². The van der Waals surface area contributed by atoms with Crippen LogP contribution < -0.4 is 14.8 Å². The highest BCUT2D eigenvalue weighted by Crippen LogP contribution is 2.27. The monoisotopic (exact) mass is 297 g/mol. The van der Waals surface area contributed by atoms with Gasteiger partial charge in [-0.3, -0.25) is 4.79 Å². The lowest BCUT2D eigenvalue weighted by atomic mass is 10.2. The van der Waals surface area contributed by atoms with E-state index in [1.165, 1.54) is 6.08 Å². The first-order chi connectivity index (χ1) is 10.7. The van der Waals surface area contributed by atoms with Crippen LogP contribution in [0.3, 0.4) is 0 Å². The summed E-state index contributed by atoms with van der Waals surface area (Å²) in [6.07, 6.45) is 3.31. The van der Waals surface area contributed by atoms with Gasteiger partial charge in [0.15, 0.2) is 11.5 Å². The molecule has 0 heterocycles. The zero-order valence-corrected chi connectivity index (χ0v) is 12.7. The minimum atomic E-state index is -0.140. The summed E-state index contributed by atoms with van der Waals surface area (Å²) in [5, 5.41) is 2.84. The van der Waals surface area contributed by atoms with E-state index < -0.39 is 0 Å². The molecule has 0 bridgehead atoms. The molecule has 0 saturated heterocycles. The molecule has 0 unspecified atom stereocenters. The number of amides is 1. The Morgan fingerprint density at radius 1 is 1.05 bits per heavy atom. The average molecular weight is 297 g/mol. The SMILES string of the molecule is COc1ccc(CNC(=O)/C=C/c2ccccc2)cc1OC. The first-order valence-corrected chi connectivity index (χ1v) is 6.95. The van der Waals surface area contributed by atoms with Gasteiger partial charge in [0.2, 0.25) is 5.91 Å². The highest BCUT2D eigenvalue weighted by Gasteiger charge is 2.05. The lowest BCUT2D eigenvalue weighted by Gasteiger charge is -2.09. The smallest absolute Gasteiger partial charge is 0.244 e. The van der Waals surface area contributed by atoms with E-state index in [2.05, 4.69) is 5.32 Å². The summed E-state index contributed by atoms with van der Waals surface area (Å²) < 4.78 is 10.4. The minimum Gasteiger partial charge on any atom is -0.493 e. The molecule has 0 aliphatic rings. The van der Waals surface area contributed by atoms with Crippen molar-refractivity contribution in [2.75, 3.05) is 14.2 Å².